The van der Waals surface area contributed by atoms with E-state index < -0.39 is 11.9 Å². The Morgan fingerprint density at radius 1 is 1.18 bits per heavy atom. The van der Waals surface area contributed by atoms with Crippen LogP contribution in [0.4, 0.5) is 0 Å². The molecule has 0 heterocycles. The van der Waals surface area contributed by atoms with Gasteiger partial charge in [-0.3, -0.25) is 9.59 Å². The summed E-state index contributed by atoms with van der Waals surface area (Å²) < 4.78 is 0. The molecule has 0 bridgehead atoms. The number of carbonyl (C=O) groups is 2. The lowest BCUT2D eigenvalue weighted by Crippen LogP contribution is -2.08. The van der Waals surface area contributed by atoms with E-state index in [-0.39, 0.29) is 11.7 Å². The van der Waals surface area contributed by atoms with Gasteiger partial charge in [-0.05, 0) is 17.9 Å². The SMILES string of the molecule is CC(C)c1ccc(C(=O)[C@@H]2C[C@@H]2C(=O)O)cc1. The molecule has 0 radical (unpaired) electrons. The molecule has 3 heteroatoms. The number of Topliss-reactive ketones (excluding diaryl/α,β-unsaturated/α-hetero) is 1. The van der Waals surface area contributed by atoms with Crippen molar-refractivity contribution in [2.24, 2.45) is 11.8 Å². The first-order valence-electron chi connectivity index (χ1n) is 5.87. The molecule has 0 aliphatic heterocycles. The van der Waals surface area contributed by atoms with Gasteiger partial charge in [0.05, 0.1) is 5.92 Å². The van der Waals surface area contributed by atoms with Gasteiger partial charge in [0.1, 0.15) is 0 Å². The Bertz CT molecular complexity index is 445. The molecule has 1 aromatic carbocycles. The van der Waals surface area contributed by atoms with Crippen LogP contribution in [0, 0.1) is 11.8 Å². The van der Waals surface area contributed by atoms with Crippen LogP contribution in [0.15, 0.2) is 24.3 Å². The van der Waals surface area contributed by atoms with Gasteiger partial charge >= 0.3 is 5.97 Å². The molecule has 0 spiro atoms. The van der Waals surface area contributed by atoms with Crippen molar-refractivity contribution in [1.29, 1.82) is 0 Å². The van der Waals surface area contributed by atoms with Gasteiger partial charge in [-0.2, -0.15) is 0 Å². The van der Waals surface area contributed by atoms with E-state index in [0.29, 0.717) is 17.9 Å². The van der Waals surface area contributed by atoms with E-state index in [4.69, 9.17) is 5.11 Å². The van der Waals surface area contributed by atoms with Crippen LogP contribution in [0.5, 0.6) is 0 Å². The van der Waals surface area contributed by atoms with Crippen LogP contribution >= 0.6 is 0 Å². The maximum absolute atomic E-state index is 11.9. The Labute approximate surface area is 100 Å². The van der Waals surface area contributed by atoms with Crippen molar-refractivity contribution in [3.63, 3.8) is 0 Å². The standard InChI is InChI=1S/C14H16O3/c1-8(2)9-3-5-10(6-4-9)13(15)11-7-12(11)14(16)17/h3-6,8,11-12H,7H2,1-2H3,(H,16,17)/t11-,12+/m1/s1. The zero-order valence-electron chi connectivity index (χ0n) is 10.0. The predicted octanol–water partition coefficient (Wildman–Crippen LogP) is 2.71. The summed E-state index contributed by atoms with van der Waals surface area (Å²) in [4.78, 5) is 22.6. The summed E-state index contributed by atoms with van der Waals surface area (Å²) in [5.41, 5.74) is 1.82. The Morgan fingerprint density at radius 2 is 1.76 bits per heavy atom. The highest BCUT2D eigenvalue weighted by Crippen LogP contribution is 2.41. The van der Waals surface area contributed by atoms with Crippen molar-refractivity contribution in [2.75, 3.05) is 0 Å². The number of carbonyl (C=O) groups excluding carboxylic acids is 1. The summed E-state index contributed by atoms with van der Waals surface area (Å²) in [6.07, 6.45) is 0.486. The van der Waals surface area contributed by atoms with E-state index in [9.17, 15) is 9.59 Å². The van der Waals surface area contributed by atoms with Crippen molar-refractivity contribution in [3.8, 4) is 0 Å². The minimum Gasteiger partial charge on any atom is -0.481 e. The first-order chi connectivity index (χ1) is 8.00. The van der Waals surface area contributed by atoms with Gasteiger partial charge in [0, 0.05) is 11.5 Å². The second-order valence-electron chi connectivity index (χ2n) is 4.93. The van der Waals surface area contributed by atoms with E-state index in [0.717, 1.165) is 0 Å². The molecular weight excluding hydrogens is 216 g/mol. The van der Waals surface area contributed by atoms with E-state index in [1.165, 1.54) is 5.56 Å². The molecule has 1 aliphatic carbocycles. The maximum atomic E-state index is 11.9. The molecule has 1 N–H and O–H groups in total. The lowest BCUT2D eigenvalue weighted by molar-refractivity contribution is -0.138. The molecule has 1 aromatic rings. The van der Waals surface area contributed by atoms with Gasteiger partial charge in [0.25, 0.3) is 0 Å². The maximum Gasteiger partial charge on any atom is 0.307 e. The fourth-order valence-electron chi connectivity index (χ4n) is 2.00. The van der Waals surface area contributed by atoms with E-state index in [1.807, 2.05) is 12.1 Å². The topological polar surface area (TPSA) is 54.4 Å². The van der Waals surface area contributed by atoms with Crippen molar-refractivity contribution in [1.82, 2.24) is 0 Å². The largest absolute Gasteiger partial charge is 0.481 e. The van der Waals surface area contributed by atoms with Crippen molar-refractivity contribution >= 4 is 11.8 Å². The molecule has 2 rings (SSSR count). The molecule has 0 aromatic heterocycles. The Balaban J connectivity index is 2.08. The van der Waals surface area contributed by atoms with Gasteiger partial charge in [-0.15, -0.1) is 0 Å². The molecule has 1 saturated carbocycles. The summed E-state index contributed by atoms with van der Waals surface area (Å²) in [6, 6.07) is 7.48. The number of hydrogen-bond donors (Lipinski definition) is 1. The highest BCUT2D eigenvalue weighted by atomic mass is 16.4. The van der Waals surface area contributed by atoms with Gasteiger partial charge in [0.15, 0.2) is 5.78 Å². The van der Waals surface area contributed by atoms with Crippen LogP contribution in [0.25, 0.3) is 0 Å². The second kappa shape index (κ2) is 4.32. The number of aliphatic carboxylic acids is 1. The molecule has 90 valence electrons. The Hall–Kier alpha value is -1.64. The van der Waals surface area contributed by atoms with Crippen molar-refractivity contribution in [2.45, 2.75) is 26.2 Å². The second-order valence-corrected chi connectivity index (χ2v) is 4.93. The third kappa shape index (κ3) is 2.38. The molecule has 3 nitrogen and oxygen atoms in total. The van der Waals surface area contributed by atoms with E-state index in [1.54, 1.807) is 12.1 Å². The number of rotatable bonds is 4. The average molecular weight is 232 g/mol. The summed E-state index contributed by atoms with van der Waals surface area (Å²) in [5.74, 6) is -1.23. The molecular formula is C14H16O3. The van der Waals surface area contributed by atoms with E-state index in [2.05, 4.69) is 13.8 Å². The minimum atomic E-state index is -0.859. The number of carboxylic acids is 1. The lowest BCUT2D eigenvalue weighted by Gasteiger charge is -2.06. The monoisotopic (exact) mass is 232 g/mol. The number of benzene rings is 1. The van der Waals surface area contributed by atoms with Crippen LogP contribution in [0.2, 0.25) is 0 Å². The number of carboxylic acid groups (broad SMARTS) is 1. The Morgan fingerprint density at radius 3 is 2.18 bits per heavy atom. The van der Waals surface area contributed by atoms with Crippen LogP contribution in [0.3, 0.4) is 0 Å². The molecule has 0 saturated heterocycles. The number of hydrogen-bond acceptors (Lipinski definition) is 2. The fraction of sp³-hybridized carbons (Fsp3) is 0.429. The molecule has 1 fully saturated rings. The minimum absolute atomic E-state index is 0.0345. The van der Waals surface area contributed by atoms with Crippen LogP contribution < -0.4 is 0 Å². The smallest absolute Gasteiger partial charge is 0.307 e. The summed E-state index contributed by atoms with van der Waals surface area (Å²) >= 11 is 0. The summed E-state index contributed by atoms with van der Waals surface area (Å²) in [5, 5.41) is 8.78. The molecule has 0 amide bonds. The molecule has 17 heavy (non-hydrogen) atoms. The Kier molecular flexibility index (Phi) is 3.01. The quantitative estimate of drug-likeness (QED) is 0.812. The third-order valence-corrected chi connectivity index (χ3v) is 3.31. The normalized spacial score (nSPS) is 22.5. The summed E-state index contributed by atoms with van der Waals surface area (Å²) in [6.45, 7) is 4.19. The lowest BCUT2D eigenvalue weighted by atomic mass is 9.99. The van der Waals surface area contributed by atoms with Gasteiger partial charge < -0.3 is 5.11 Å². The zero-order chi connectivity index (χ0) is 12.6. The van der Waals surface area contributed by atoms with Crippen LogP contribution in [0.1, 0.15) is 42.1 Å². The van der Waals surface area contributed by atoms with Crippen LogP contribution in [-0.4, -0.2) is 16.9 Å². The highest BCUT2D eigenvalue weighted by Gasteiger charge is 2.48. The number of ketones is 1. The third-order valence-electron chi connectivity index (χ3n) is 3.31. The highest BCUT2D eigenvalue weighted by molar-refractivity contribution is 6.02. The fourth-order valence-corrected chi connectivity index (χ4v) is 2.00. The average Bonchev–Trinajstić information content (AvgIpc) is 3.08. The first-order valence-corrected chi connectivity index (χ1v) is 5.87. The molecule has 1 aliphatic rings. The van der Waals surface area contributed by atoms with Crippen LogP contribution in [-0.2, 0) is 4.79 Å². The van der Waals surface area contributed by atoms with E-state index >= 15 is 0 Å². The summed E-state index contributed by atoms with van der Waals surface area (Å²) in [7, 11) is 0. The van der Waals surface area contributed by atoms with Crippen molar-refractivity contribution in [3.05, 3.63) is 35.4 Å². The van der Waals surface area contributed by atoms with Gasteiger partial charge in [-0.1, -0.05) is 38.1 Å². The predicted molar refractivity (Wildman–Crippen MR) is 64.1 cm³/mol. The molecule has 2 atom stereocenters. The van der Waals surface area contributed by atoms with Crippen molar-refractivity contribution < 1.29 is 14.7 Å². The van der Waals surface area contributed by atoms with Gasteiger partial charge in [0.2, 0.25) is 0 Å². The first kappa shape index (κ1) is 11.8. The van der Waals surface area contributed by atoms with Gasteiger partial charge in [-0.25, -0.2) is 0 Å². The zero-order valence-corrected chi connectivity index (χ0v) is 10.0. The molecule has 0 unspecified atom stereocenters.